The van der Waals surface area contributed by atoms with Crippen molar-refractivity contribution in [3.05, 3.63) is 5.82 Å². The monoisotopic (exact) mass is 285 g/mol. The molecule has 1 aromatic heterocycles. The summed E-state index contributed by atoms with van der Waals surface area (Å²) in [5.74, 6) is -1.01. The van der Waals surface area contributed by atoms with Gasteiger partial charge in [-0.3, -0.25) is 5.10 Å². The fraction of sp³-hybridized carbons (Fsp3) is 0.750. The van der Waals surface area contributed by atoms with Crippen LogP contribution in [0.15, 0.2) is 5.16 Å². The molecule has 0 amide bonds. The Hall–Kier alpha value is -1.16. The first kappa shape index (κ1) is 13.3. The molecule has 1 fully saturated rings. The van der Waals surface area contributed by atoms with E-state index in [-0.39, 0.29) is 5.92 Å². The van der Waals surface area contributed by atoms with E-state index in [9.17, 15) is 21.6 Å². The molecule has 2 N–H and O–H groups in total. The molecule has 0 bridgehead atoms. The Labute approximate surface area is 100 Å². The molecule has 1 atom stereocenters. The number of halogens is 3. The molecule has 1 aliphatic carbocycles. The van der Waals surface area contributed by atoms with E-state index in [4.69, 9.17) is 5.11 Å². The van der Waals surface area contributed by atoms with Crippen molar-refractivity contribution in [1.29, 1.82) is 0 Å². The molecular weight excluding hydrogens is 275 g/mol. The Morgan fingerprint density at radius 2 is 2.06 bits per heavy atom. The summed E-state index contributed by atoms with van der Waals surface area (Å²) in [6.45, 7) is 0. The van der Waals surface area contributed by atoms with Gasteiger partial charge >= 0.3 is 6.18 Å². The zero-order valence-electron chi connectivity index (χ0n) is 8.98. The van der Waals surface area contributed by atoms with Crippen molar-refractivity contribution >= 4 is 9.84 Å². The minimum Gasteiger partial charge on any atom is -0.383 e. The number of aromatic amines is 1. The molecule has 102 valence electrons. The first-order valence-electron chi connectivity index (χ1n) is 5.10. The number of alkyl halides is 3. The predicted molar refractivity (Wildman–Crippen MR) is 52.5 cm³/mol. The van der Waals surface area contributed by atoms with Gasteiger partial charge in [0.05, 0.1) is 5.75 Å². The van der Waals surface area contributed by atoms with Crippen LogP contribution in [0.5, 0.6) is 0 Å². The van der Waals surface area contributed by atoms with Gasteiger partial charge in [-0.05, 0) is 12.8 Å². The third-order valence-electron chi connectivity index (χ3n) is 2.48. The molecule has 1 aromatic rings. The van der Waals surface area contributed by atoms with Gasteiger partial charge in [0, 0.05) is 5.92 Å². The highest BCUT2D eigenvalue weighted by Crippen LogP contribution is 2.38. The second kappa shape index (κ2) is 4.19. The van der Waals surface area contributed by atoms with Gasteiger partial charge in [0.25, 0.3) is 5.16 Å². The van der Waals surface area contributed by atoms with Crippen molar-refractivity contribution in [2.75, 3.05) is 5.75 Å². The van der Waals surface area contributed by atoms with E-state index in [2.05, 4.69) is 15.2 Å². The highest BCUT2D eigenvalue weighted by Gasteiger charge is 2.42. The molecule has 10 heteroatoms. The van der Waals surface area contributed by atoms with Gasteiger partial charge in [-0.15, -0.1) is 5.10 Å². The number of nitrogens with zero attached hydrogens (tertiary/aromatic N) is 2. The smallest absolute Gasteiger partial charge is 0.383 e. The second-order valence-electron chi connectivity index (χ2n) is 4.12. The van der Waals surface area contributed by atoms with E-state index in [1.807, 2.05) is 0 Å². The second-order valence-corrected chi connectivity index (χ2v) is 6.04. The summed E-state index contributed by atoms with van der Waals surface area (Å²) in [5.41, 5.74) is 0. The number of hydrogen-bond donors (Lipinski definition) is 2. The van der Waals surface area contributed by atoms with E-state index in [1.54, 1.807) is 0 Å². The van der Waals surface area contributed by atoms with Gasteiger partial charge < -0.3 is 5.11 Å². The number of aliphatic hydroxyl groups is 1. The Bertz CT molecular complexity index is 535. The number of H-pyrrole nitrogens is 1. The maximum atomic E-state index is 12.1. The van der Waals surface area contributed by atoms with Gasteiger partial charge in [-0.1, -0.05) is 0 Å². The van der Waals surface area contributed by atoms with Crippen LogP contribution < -0.4 is 0 Å². The molecule has 6 nitrogen and oxygen atoms in total. The van der Waals surface area contributed by atoms with Gasteiger partial charge in [0.1, 0.15) is 5.82 Å². The van der Waals surface area contributed by atoms with Crippen LogP contribution in [0.4, 0.5) is 13.2 Å². The van der Waals surface area contributed by atoms with Crippen LogP contribution in [0.1, 0.15) is 24.6 Å². The maximum absolute atomic E-state index is 12.1. The Morgan fingerprint density at radius 1 is 1.44 bits per heavy atom. The van der Waals surface area contributed by atoms with Crippen LogP contribution in [0.25, 0.3) is 0 Å². The first-order valence-corrected chi connectivity index (χ1v) is 6.75. The highest BCUT2D eigenvalue weighted by molar-refractivity contribution is 7.91. The standard InChI is InChI=1S/C8H10F3N3O3S/c9-8(10,11)5(15)3-18(16,17)7-12-6(13-14-7)4-1-2-4/h4-5,15H,1-3H2,(H,12,13,14). The molecule has 0 spiro atoms. The summed E-state index contributed by atoms with van der Waals surface area (Å²) in [6, 6.07) is 0. The molecule has 1 heterocycles. The molecule has 0 radical (unpaired) electrons. The Balaban J connectivity index is 2.14. The van der Waals surface area contributed by atoms with Crippen molar-refractivity contribution in [2.24, 2.45) is 0 Å². The van der Waals surface area contributed by atoms with E-state index in [0.29, 0.717) is 5.82 Å². The number of aromatic nitrogens is 3. The molecule has 2 rings (SSSR count). The Kier molecular flexibility index (Phi) is 3.09. The summed E-state index contributed by atoms with van der Waals surface area (Å²) in [5, 5.41) is 13.8. The minimum atomic E-state index is -4.98. The molecule has 1 aliphatic rings. The summed E-state index contributed by atoms with van der Waals surface area (Å²) < 4.78 is 59.3. The van der Waals surface area contributed by atoms with E-state index in [1.165, 1.54) is 0 Å². The zero-order valence-corrected chi connectivity index (χ0v) is 9.79. The molecule has 0 saturated heterocycles. The largest absolute Gasteiger partial charge is 0.415 e. The van der Waals surface area contributed by atoms with Crippen molar-refractivity contribution in [2.45, 2.75) is 36.2 Å². The predicted octanol–water partition coefficient (Wildman–Crippen LogP) is 0.379. The van der Waals surface area contributed by atoms with E-state index in [0.717, 1.165) is 12.8 Å². The van der Waals surface area contributed by atoms with Gasteiger partial charge in [-0.2, -0.15) is 13.2 Å². The average Bonchev–Trinajstić information content (AvgIpc) is 2.93. The fourth-order valence-electron chi connectivity index (χ4n) is 1.31. The van der Waals surface area contributed by atoms with E-state index < -0.39 is 33.0 Å². The molecular formula is C8H10F3N3O3S. The Morgan fingerprint density at radius 3 is 2.56 bits per heavy atom. The van der Waals surface area contributed by atoms with Gasteiger partial charge in [0.15, 0.2) is 6.10 Å². The topological polar surface area (TPSA) is 95.9 Å². The van der Waals surface area contributed by atoms with Crippen molar-refractivity contribution < 1.29 is 26.7 Å². The molecule has 1 unspecified atom stereocenters. The number of sulfone groups is 1. The van der Waals surface area contributed by atoms with Crippen LogP contribution >= 0.6 is 0 Å². The summed E-state index contributed by atoms with van der Waals surface area (Å²) in [4.78, 5) is 3.65. The maximum Gasteiger partial charge on any atom is 0.415 e. The van der Waals surface area contributed by atoms with Crippen molar-refractivity contribution in [3.8, 4) is 0 Å². The summed E-state index contributed by atoms with van der Waals surface area (Å²) in [7, 11) is -4.35. The average molecular weight is 285 g/mol. The van der Waals surface area contributed by atoms with Gasteiger partial charge in [-0.25, -0.2) is 13.4 Å². The van der Waals surface area contributed by atoms with Crippen molar-refractivity contribution in [3.63, 3.8) is 0 Å². The van der Waals surface area contributed by atoms with Crippen LogP contribution in [0, 0.1) is 0 Å². The third-order valence-corrected chi connectivity index (χ3v) is 3.97. The first-order chi connectivity index (χ1) is 8.20. The summed E-state index contributed by atoms with van der Waals surface area (Å²) >= 11 is 0. The number of nitrogens with one attached hydrogen (secondary N) is 1. The molecule has 0 aliphatic heterocycles. The van der Waals surface area contributed by atoms with Crippen LogP contribution in [0.3, 0.4) is 0 Å². The molecule has 0 aromatic carbocycles. The van der Waals surface area contributed by atoms with E-state index >= 15 is 0 Å². The number of rotatable bonds is 4. The lowest BCUT2D eigenvalue weighted by atomic mass is 10.4. The lowest BCUT2D eigenvalue weighted by Crippen LogP contribution is -2.35. The third kappa shape index (κ3) is 2.80. The molecule has 18 heavy (non-hydrogen) atoms. The SMILES string of the molecule is O=S(=O)(CC(O)C(F)(F)F)c1n[nH]c(C2CC2)n1. The lowest BCUT2D eigenvalue weighted by molar-refractivity contribution is -0.196. The fourth-order valence-corrected chi connectivity index (χ4v) is 2.49. The zero-order chi connectivity index (χ0) is 13.6. The lowest BCUT2D eigenvalue weighted by Gasteiger charge is -2.12. The van der Waals surface area contributed by atoms with Crippen molar-refractivity contribution in [1.82, 2.24) is 15.2 Å². The highest BCUT2D eigenvalue weighted by atomic mass is 32.2. The van der Waals surface area contributed by atoms with Crippen LogP contribution in [-0.4, -0.2) is 46.7 Å². The van der Waals surface area contributed by atoms with Crippen LogP contribution in [0.2, 0.25) is 0 Å². The normalized spacial score (nSPS) is 18.9. The quantitative estimate of drug-likeness (QED) is 0.833. The molecule has 1 saturated carbocycles. The number of hydrogen-bond acceptors (Lipinski definition) is 5. The van der Waals surface area contributed by atoms with Crippen LogP contribution in [-0.2, 0) is 9.84 Å². The van der Waals surface area contributed by atoms with Gasteiger partial charge in [0.2, 0.25) is 9.84 Å². The number of aliphatic hydroxyl groups excluding tert-OH is 1. The summed E-state index contributed by atoms with van der Waals surface area (Å²) in [6.07, 6.45) is -6.23. The minimum absolute atomic E-state index is 0.106.